The lowest BCUT2D eigenvalue weighted by atomic mass is 9.53. The van der Waals surface area contributed by atoms with Gasteiger partial charge in [-0.1, -0.05) is 30.3 Å². The number of pyridine rings is 1. The molecule has 0 saturated heterocycles. The summed E-state index contributed by atoms with van der Waals surface area (Å²) < 4.78 is 11.1. The first-order valence-corrected chi connectivity index (χ1v) is 9.42. The van der Waals surface area contributed by atoms with Gasteiger partial charge in [-0.05, 0) is 48.8 Å². The van der Waals surface area contributed by atoms with E-state index in [1.807, 2.05) is 30.3 Å². The average Bonchev–Trinajstić information content (AvgIpc) is 2.64. The van der Waals surface area contributed by atoms with E-state index in [0.29, 0.717) is 11.4 Å². The molecule has 2 amide bonds. The van der Waals surface area contributed by atoms with Crippen molar-refractivity contribution in [3.8, 4) is 5.88 Å². The number of nitrogens with one attached hydrogen (secondary N) is 1. The lowest BCUT2D eigenvalue weighted by Gasteiger charge is -2.56. The summed E-state index contributed by atoms with van der Waals surface area (Å²) in [6.07, 6.45) is 4.84. The average molecular weight is 381 g/mol. The second kappa shape index (κ2) is 7.50. The number of nitrogens with zero attached hydrogens (tertiary/aromatic N) is 1. The number of nitrogens with two attached hydrogens (primary N) is 1. The number of hydrogen-bond donors (Lipinski definition) is 2. The lowest BCUT2D eigenvalue weighted by Crippen LogP contribution is -2.58. The molecule has 2 saturated carbocycles. The van der Waals surface area contributed by atoms with Gasteiger partial charge in [0.1, 0.15) is 18.3 Å². The number of aromatic nitrogens is 1. The maximum absolute atomic E-state index is 11.9. The van der Waals surface area contributed by atoms with Gasteiger partial charge in [-0.15, -0.1) is 0 Å². The summed E-state index contributed by atoms with van der Waals surface area (Å²) in [7, 11) is 0. The SMILES string of the molecule is NC(=O)c1cccnc1OC1CC2(CC(NC(=O)OCc3ccccc3)C2)C1. The maximum atomic E-state index is 11.9. The van der Waals surface area contributed by atoms with Crippen LogP contribution in [0, 0.1) is 5.41 Å². The van der Waals surface area contributed by atoms with Crippen LogP contribution < -0.4 is 15.8 Å². The Morgan fingerprint density at radius 3 is 2.57 bits per heavy atom. The van der Waals surface area contributed by atoms with E-state index in [9.17, 15) is 9.59 Å². The Bertz CT molecular complexity index is 857. The molecule has 1 heterocycles. The van der Waals surface area contributed by atoms with Crippen LogP contribution in [0.3, 0.4) is 0 Å². The molecule has 28 heavy (non-hydrogen) atoms. The van der Waals surface area contributed by atoms with Crippen molar-refractivity contribution in [2.45, 2.75) is 44.4 Å². The van der Waals surface area contributed by atoms with E-state index in [2.05, 4.69) is 10.3 Å². The minimum Gasteiger partial charge on any atom is -0.474 e. The molecule has 3 N–H and O–H groups in total. The number of amides is 2. The third kappa shape index (κ3) is 3.93. The molecule has 0 aliphatic heterocycles. The van der Waals surface area contributed by atoms with Crippen LogP contribution in [0.4, 0.5) is 4.79 Å². The highest BCUT2D eigenvalue weighted by molar-refractivity contribution is 5.94. The van der Waals surface area contributed by atoms with Crippen molar-refractivity contribution in [1.29, 1.82) is 0 Å². The fourth-order valence-electron chi connectivity index (χ4n) is 4.17. The predicted molar refractivity (Wildman–Crippen MR) is 102 cm³/mol. The largest absolute Gasteiger partial charge is 0.474 e. The van der Waals surface area contributed by atoms with Crippen molar-refractivity contribution < 1.29 is 19.1 Å². The molecule has 1 aromatic carbocycles. The molecule has 2 aliphatic carbocycles. The van der Waals surface area contributed by atoms with Gasteiger partial charge in [-0.2, -0.15) is 0 Å². The van der Waals surface area contributed by atoms with Crippen LogP contribution in [-0.4, -0.2) is 29.1 Å². The van der Waals surface area contributed by atoms with E-state index in [1.165, 1.54) is 0 Å². The van der Waals surface area contributed by atoms with Crippen LogP contribution in [-0.2, 0) is 11.3 Å². The first-order valence-electron chi connectivity index (χ1n) is 9.42. The molecular formula is C21H23N3O4. The molecule has 7 nitrogen and oxygen atoms in total. The van der Waals surface area contributed by atoms with Crippen molar-refractivity contribution in [2.24, 2.45) is 11.1 Å². The number of primary amides is 1. The fraction of sp³-hybridized carbons (Fsp3) is 0.381. The highest BCUT2D eigenvalue weighted by atomic mass is 16.5. The monoisotopic (exact) mass is 381 g/mol. The van der Waals surface area contributed by atoms with E-state index < -0.39 is 5.91 Å². The Morgan fingerprint density at radius 1 is 1.11 bits per heavy atom. The minimum atomic E-state index is -0.543. The molecule has 4 rings (SSSR count). The molecule has 0 unspecified atom stereocenters. The zero-order chi connectivity index (χ0) is 19.6. The highest BCUT2D eigenvalue weighted by Crippen LogP contribution is 2.56. The van der Waals surface area contributed by atoms with Gasteiger partial charge in [0.15, 0.2) is 0 Å². The molecule has 1 aromatic heterocycles. The predicted octanol–water partition coefficient (Wildman–Crippen LogP) is 2.80. The molecule has 0 bridgehead atoms. The normalized spacial score (nSPS) is 25.3. The molecule has 1 spiro atoms. The van der Waals surface area contributed by atoms with Crippen LogP contribution in [0.2, 0.25) is 0 Å². The first-order chi connectivity index (χ1) is 13.5. The van der Waals surface area contributed by atoms with Crippen molar-refractivity contribution >= 4 is 12.0 Å². The summed E-state index contributed by atoms with van der Waals surface area (Å²) >= 11 is 0. The highest BCUT2D eigenvalue weighted by Gasteiger charge is 2.54. The number of carbonyl (C=O) groups is 2. The Hall–Kier alpha value is -3.09. The van der Waals surface area contributed by atoms with Gasteiger partial charge in [0.25, 0.3) is 5.91 Å². The number of carbonyl (C=O) groups excluding carboxylic acids is 2. The standard InChI is InChI=1S/C21H23N3O4/c22-18(25)17-7-4-8-23-19(17)28-16-11-21(12-16)9-15(10-21)24-20(26)27-13-14-5-2-1-3-6-14/h1-8,15-16H,9-13H2,(H2,22,25)(H,24,26). The Kier molecular flexibility index (Phi) is 4.90. The van der Waals surface area contributed by atoms with E-state index in [1.54, 1.807) is 18.3 Å². The zero-order valence-corrected chi connectivity index (χ0v) is 15.5. The van der Waals surface area contributed by atoms with Gasteiger partial charge < -0.3 is 20.5 Å². The Balaban J connectivity index is 1.18. The molecule has 146 valence electrons. The summed E-state index contributed by atoms with van der Waals surface area (Å²) in [6.45, 7) is 0.271. The summed E-state index contributed by atoms with van der Waals surface area (Å²) in [5.41, 5.74) is 6.84. The molecule has 2 aromatic rings. The second-order valence-electron chi connectivity index (χ2n) is 7.68. The molecular weight excluding hydrogens is 358 g/mol. The van der Waals surface area contributed by atoms with E-state index in [0.717, 1.165) is 31.2 Å². The smallest absolute Gasteiger partial charge is 0.407 e. The van der Waals surface area contributed by atoms with Crippen LogP contribution >= 0.6 is 0 Å². The molecule has 2 fully saturated rings. The van der Waals surface area contributed by atoms with Crippen LogP contribution in [0.1, 0.15) is 41.6 Å². The third-order valence-corrected chi connectivity index (χ3v) is 5.53. The van der Waals surface area contributed by atoms with E-state index >= 15 is 0 Å². The molecule has 0 atom stereocenters. The first kappa shape index (κ1) is 18.3. The zero-order valence-electron chi connectivity index (χ0n) is 15.5. The molecule has 2 aliphatic rings. The fourth-order valence-corrected chi connectivity index (χ4v) is 4.17. The van der Waals surface area contributed by atoms with Crippen molar-refractivity contribution in [3.05, 3.63) is 59.8 Å². The summed E-state index contributed by atoms with van der Waals surface area (Å²) in [6, 6.07) is 13.0. The summed E-state index contributed by atoms with van der Waals surface area (Å²) in [4.78, 5) is 27.5. The van der Waals surface area contributed by atoms with Crippen molar-refractivity contribution in [2.75, 3.05) is 0 Å². The Labute approximate surface area is 163 Å². The summed E-state index contributed by atoms with van der Waals surface area (Å²) in [5.74, 6) is -0.243. The van der Waals surface area contributed by atoms with Gasteiger partial charge in [-0.3, -0.25) is 4.79 Å². The van der Waals surface area contributed by atoms with Gasteiger partial charge in [0.2, 0.25) is 5.88 Å². The number of ether oxygens (including phenoxy) is 2. The molecule has 7 heteroatoms. The lowest BCUT2D eigenvalue weighted by molar-refractivity contribution is -0.0857. The van der Waals surface area contributed by atoms with E-state index in [-0.39, 0.29) is 30.3 Å². The van der Waals surface area contributed by atoms with Gasteiger partial charge in [-0.25, -0.2) is 9.78 Å². The summed E-state index contributed by atoms with van der Waals surface area (Å²) in [5, 5.41) is 2.92. The minimum absolute atomic E-state index is 0.0268. The van der Waals surface area contributed by atoms with E-state index in [4.69, 9.17) is 15.2 Å². The third-order valence-electron chi connectivity index (χ3n) is 5.53. The Morgan fingerprint density at radius 2 is 1.86 bits per heavy atom. The van der Waals surface area contributed by atoms with Crippen LogP contribution in [0.25, 0.3) is 0 Å². The van der Waals surface area contributed by atoms with Crippen molar-refractivity contribution in [1.82, 2.24) is 10.3 Å². The number of alkyl carbamates (subject to hydrolysis) is 1. The van der Waals surface area contributed by atoms with Crippen molar-refractivity contribution in [3.63, 3.8) is 0 Å². The molecule has 0 radical (unpaired) electrons. The van der Waals surface area contributed by atoms with Gasteiger partial charge in [0.05, 0.1) is 0 Å². The van der Waals surface area contributed by atoms with Gasteiger partial charge in [0, 0.05) is 12.2 Å². The van der Waals surface area contributed by atoms with Gasteiger partial charge >= 0.3 is 6.09 Å². The maximum Gasteiger partial charge on any atom is 0.407 e. The second-order valence-corrected chi connectivity index (χ2v) is 7.68. The van der Waals surface area contributed by atoms with Crippen LogP contribution in [0.5, 0.6) is 5.88 Å². The quantitative estimate of drug-likeness (QED) is 0.801. The number of benzene rings is 1. The topological polar surface area (TPSA) is 104 Å². The number of hydrogen-bond acceptors (Lipinski definition) is 5. The van der Waals surface area contributed by atoms with Crippen LogP contribution in [0.15, 0.2) is 48.7 Å². The number of rotatable bonds is 6.